The first-order chi connectivity index (χ1) is 13.8. The minimum absolute atomic E-state index is 0.209. The van der Waals surface area contributed by atoms with Crippen molar-refractivity contribution in [1.29, 1.82) is 0 Å². The van der Waals surface area contributed by atoms with Crippen molar-refractivity contribution in [2.45, 2.75) is 57.4 Å². The maximum atomic E-state index is 12.6. The molecule has 1 saturated carbocycles. The third-order valence-corrected chi connectivity index (χ3v) is 5.67. The van der Waals surface area contributed by atoms with E-state index in [1.54, 1.807) is 12.3 Å². The molecule has 0 bridgehead atoms. The lowest BCUT2D eigenvalue weighted by atomic mass is 9.96. The van der Waals surface area contributed by atoms with Gasteiger partial charge in [0.2, 0.25) is 5.95 Å². The van der Waals surface area contributed by atoms with Crippen LogP contribution < -0.4 is 15.5 Å². The third-order valence-electron chi connectivity index (χ3n) is 5.67. The van der Waals surface area contributed by atoms with Gasteiger partial charge >= 0.3 is 0 Å². The molecule has 4 rings (SSSR count). The van der Waals surface area contributed by atoms with Crippen molar-refractivity contribution >= 4 is 23.2 Å². The second-order valence-corrected chi connectivity index (χ2v) is 7.79. The first-order valence-corrected chi connectivity index (χ1v) is 10.5. The second-order valence-electron chi connectivity index (χ2n) is 7.79. The van der Waals surface area contributed by atoms with Crippen molar-refractivity contribution in [3.05, 3.63) is 42.2 Å². The van der Waals surface area contributed by atoms with Crippen LogP contribution in [-0.2, 0) is 0 Å². The lowest BCUT2D eigenvalue weighted by Gasteiger charge is -2.28. The van der Waals surface area contributed by atoms with Gasteiger partial charge in [0, 0.05) is 36.7 Å². The van der Waals surface area contributed by atoms with E-state index in [1.165, 1.54) is 44.2 Å². The summed E-state index contributed by atoms with van der Waals surface area (Å²) in [6.45, 7) is 2.23. The molecule has 1 aliphatic heterocycles. The number of hydrogen-bond acceptors (Lipinski definition) is 5. The van der Waals surface area contributed by atoms with Gasteiger partial charge in [-0.05, 0) is 62.4 Å². The fraction of sp³-hybridized carbons (Fsp3) is 0.500. The monoisotopic (exact) mass is 379 g/mol. The van der Waals surface area contributed by atoms with Gasteiger partial charge in [-0.3, -0.25) is 4.79 Å². The Morgan fingerprint density at radius 1 is 0.929 bits per heavy atom. The second kappa shape index (κ2) is 9.04. The molecule has 0 radical (unpaired) electrons. The summed E-state index contributed by atoms with van der Waals surface area (Å²) in [5, 5.41) is 6.32. The summed E-state index contributed by atoms with van der Waals surface area (Å²) in [6.07, 6.45) is 11.5. The Morgan fingerprint density at radius 3 is 2.39 bits per heavy atom. The number of hydrogen-bond donors (Lipinski definition) is 2. The molecule has 28 heavy (non-hydrogen) atoms. The number of anilines is 3. The van der Waals surface area contributed by atoms with Crippen molar-refractivity contribution in [1.82, 2.24) is 9.97 Å². The highest BCUT2D eigenvalue weighted by Crippen LogP contribution is 2.22. The lowest BCUT2D eigenvalue weighted by Crippen LogP contribution is -2.29. The van der Waals surface area contributed by atoms with E-state index < -0.39 is 0 Å². The average Bonchev–Trinajstić information content (AvgIpc) is 2.76. The summed E-state index contributed by atoms with van der Waals surface area (Å²) in [5.41, 5.74) is 2.39. The van der Waals surface area contributed by atoms with Crippen molar-refractivity contribution < 1.29 is 4.79 Å². The highest BCUT2D eigenvalue weighted by atomic mass is 16.1. The summed E-state index contributed by atoms with van der Waals surface area (Å²) in [7, 11) is 0. The number of benzene rings is 1. The summed E-state index contributed by atoms with van der Waals surface area (Å²) in [4.78, 5) is 23.7. The smallest absolute Gasteiger partial charge is 0.274 e. The topological polar surface area (TPSA) is 70.2 Å². The van der Waals surface area contributed by atoms with Crippen LogP contribution in [0.4, 0.5) is 17.3 Å². The summed E-state index contributed by atoms with van der Waals surface area (Å²) in [6, 6.07) is 10.2. The van der Waals surface area contributed by atoms with Crippen molar-refractivity contribution in [3.8, 4) is 0 Å². The Bertz CT molecular complexity index is 780. The van der Waals surface area contributed by atoms with E-state index in [9.17, 15) is 4.79 Å². The molecular weight excluding hydrogens is 350 g/mol. The molecule has 1 aliphatic carbocycles. The molecular formula is C22H29N5O. The third kappa shape index (κ3) is 4.80. The van der Waals surface area contributed by atoms with E-state index in [1.807, 2.05) is 12.1 Å². The predicted molar refractivity (Wildman–Crippen MR) is 113 cm³/mol. The summed E-state index contributed by atoms with van der Waals surface area (Å²) >= 11 is 0. The molecule has 1 saturated heterocycles. The number of carbonyl (C=O) groups excluding carboxylic acids is 1. The molecule has 6 heteroatoms. The Labute approximate surface area is 166 Å². The molecule has 1 amide bonds. The number of amides is 1. The molecule has 148 valence electrons. The van der Waals surface area contributed by atoms with E-state index >= 15 is 0 Å². The number of nitrogens with one attached hydrogen (secondary N) is 2. The van der Waals surface area contributed by atoms with Crippen LogP contribution in [0.25, 0.3) is 0 Å². The number of carbonyl (C=O) groups is 1. The van der Waals surface area contributed by atoms with Crippen LogP contribution in [0.15, 0.2) is 36.5 Å². The molecule has 1 aromatic heterocycles. The predicted octanol–water partition coefficient (Wildman–Crippen LogP) is 4.46. The minimum atomic E-state index is -0.209. The standard InChI is InChI=1S/C22H29N5O/c28-21(20-13-14-23-22(26-20)25-17-7-3-1-4-8-17)24-18-9-11-19(12-10-18)27-15-5-2-6-16-27/h9-14,17H,1-8,15-16H2,(H,24,28)(H,23,25,26). The number of piperidine rings is 1. The highest BCUT2D eigenvalue weighted by molar-refractivity contribution is 6.03. The maximum absolute atomic E-state index is 12.6. The number of rotatable bonds is 5. The van der Waals surface area contributed by atoms with E-state index in [0.717, 1.165) is 31.6 Å². The summed E-state index contributed by atoms with van der Waals surface area (Å²) in [5.74, 6) is 0.333. The van der Waals surface area contributed by atoms with Gasteiger partial charge in [0.15, 0.2) is 0 Å². The number of nitrogens with zero attached hydrogens (tertiary/aromatic N) is 3. The maximum Gasteiger partial charge on any atom is 0.274 e. The Morgan fingerprint density at radius 2 is 1.64 bits per heavy atom. The zero-order chi connectivity index (χ0) is 19.2. The van der Waals surface area contributed by atoms with Crippen LogP contribution >= 0.6 is 0 Å². The molecule has 0 unspecified atom stereocenters. The fourth-order valence-electron chi connectivity index (χ4n) is 4.09. The van der Waals surface area contributed by atoms with Crippen LogP contribution in [0, 0.1) is 0 Å². The van der Waals surface area contributed by atoms with Crippen LogP contribution in [0.3, 0.4) is 0 Å². The molecule has 0 spiro atoms. The molecule has 2 aliphatic rings. The molecule has 2 N–H and O–H groups in total. The van der Waals surface area contributed by atoms with Gasteiger partial charge in [0.1, 0.15) is 5.69 Å². The molecule has 2 aromatic rings. The fourth-order valence-corrected chi connectivity index (χ4v) is 4.09. The van der Waals surface area contributed by atoms with Crippen LogP contribution in [0.2, 0.25) is 0 Å². The first kappa shape index (κ1) is 18.7. The Kier molecular flexibility index (Phi) is 6.04. The van der Waals surface area contributed by atoms with Gasteiger partial charge < -0.3 is 15.5 Å². The Balaban J connectivity index is 1.37. The first-order valence-electron chi connectivity index (χ1n) is 10.5. The molecule has 1 aromatic carbocycles. The molecule has 6 nitrogen and oxygen atoms in total. The van der Waals surface area contributed by atoms with Crippen LogP contribution in [0.5, 0.6) is 0 Å². The molecule has 2 fully saturated rings. The van der Waals surface area contributed by atoms with Crippen molar-refractivity contribution in [2.75, 3.05) is 28.6 Å². The normalized spacial score (nSPS) is 17.9. The van der Waals surface area contributed by atoms with Crippen LogP contribution in [0.1, 0.15) is 61.9 Å². The van der Waals surface area contributed by atoms with E-state index in [0.29, 0.717) is 17.7 Å². The highest BCUT2D eigenvalue weighted by Gasteiger charge is 2.16. The van der Waals surface area contributed by atoms with Gasteiger partial charge in [-0.15, -0.1) is 0 Å². The largest absolute Gasteiger partial charge is 0.372 e. The Hall–Kier alpha value is -2.63. The van der Waals surface area contributed by atoms with Crippen molar-refractivity contribution in [2.24, 2.45) is 0 Å². The van der Waals surface area contributed by atoms with Gasteiger partial charge in [-0.25, -0.2) is 9.97 Å². The van der Waals surface area contributed by atoms with E-state index in [4.69, 9.17) is 0 Å². The van der Waals surface area contributed by atoms with Crippen LogP contribution in [-0.4, -0.2) is 35.0 Å². The van der Waals surface area contributed by atoms with E-state index in [-0.39, 0.29) is 5.91 Å². The number of aromatic nitrogens is 2. The average molecular weight is 380 g/mol. The zero-order valence-corrected chi connectivity index (χ0v) is 16.4. The summed E-state index contributed by atoms with van der Waals surface area (Å²) < 4.78 is 0. The van der Waals surface area contributed by atoms with Gasteiger partial charge in [-0.2, -0.15) is 0 Å². The SMILES string of the molecule is O=C(Nc1ccc(N2CCCCC2)cc1)c1ccnc(NC2CCCCC2)n1. The van der Waals surface area contributed by atoms with Crippen molar-refractivity contribution in [3.63, 3.8) is 0 Å². The zero-order valence-electron chi connectivity index (χ0n) is 16.4. The van der Waals surface area contributed by atoms with Gasteiger partial charge in [-0.1, -0.05) is 19.3 Å². The minimum Gasteiger partial charge on any atom is -0.372 e. The molecule has 2 heterocycles. The lowest BCUT2D eigenvalue weighted by molar-refractivity contribution is 0.102. The quantitative estimate of drug-likeness (QED) is 0.802. The molecule has 0 atom stereocenters. The van der Waals surface area contributed by atoms with E-state index in [2.05, 4.69) is 37.6 Å². The van der Waals surface area contributed by atoms with Gasteiger partial charge in [0.25, 0.3) is 5.91 Å². The van der Waals surface area contributed by atoms with Gasteiger partial charge in [0.05, 0.1) is 0 Å².